The van der Waals surface area contributed by atoms with Crippen molar-refractivity contribution < 1.29 is 9.57 Å². The van der Waals surface area contributed by atoms with Gasteiger partial charge in [-0.05, 0) is 23.8 Å². The van der Waals surface area contributed by atoms with Crippen molar-refractivity contribution >= 4 is 15.9 Å². The lowest BCUT2D eigenvalue weighted by atomic mass is 10.2. The van der Waals surface area contributed by atoms with Crippen LogP contribution >= 0.6 is 15.9 Å². The van der Waals surface area contributed by atoms with Crippen LogP contribution in [0.4, 0.5) is 0 Å². The summed E-state index contributed by atoms with van der Waals surface area (Å²) in [4.78, 5) is 5.52. The van der Waals surface area contributed by atoms with E-state index in [4.69, 9.17) is 9.57 Å². The summed E-state index contributed by atoms with van der Waals surface area (Å²) in [5.41, 5.74) is 1.11. The Morgan fingerprint density at radius 2 is 2.26 bits per heavy atom. The van der Waals surface area contributed by atoms with Crippen molar-refractivity contribution in [2.24, 2.45) is 0 Å². The Hall–Kier alpha value is -1.52. The van der Waals surface area contributed by atoms with Gasteiger partial charge in [-0.25, -0.2) is 5.06 Å². The van der Waals surface area contributed by atoms with Crippen LogP contribution in [0.3, 0.4) is 0 Å². The van der Waals surface area contributed by atoms with E-state index in [1.807, 2.05) is 48.7 Å². The van der Waals surface area contributed by atoms with Crippen LogP contribution in [0.25, 0.3) is 0 Å². The summed E-state index contributed by atoms with van der Waals surface area (Å²) in [5, 5.41) is 1.71. The number of halogens is 1. The Morgan fingerprint density at radius 1 is 1.37 bits per heavy atom. The average Bonchev–Trinajstić information content (AvgIpc) is 2.40. The number of hydrogen-bond donors (Lipinski definition) is 0. The van der Waals surface area contributed by atoms with Crippen LogP contribution in [0, 0.1) is 0 Å². The largest absolute Gasteiger partial charge is 0.382 e. The van der Waals surface area contributed by atoms with Crippen molar-refractivity contribution in [1.29, 1.82) is 0 Å². The van der Waals surface area contributed by atoms with Gasteiger partial charge in [0, 0.05) is 10.7 Å². The minimum atomic E-state index is 0.376. The molecule has 0 fully saturated rings. The quantitative estimate of drug-likeness (QED) is 0.744. The van der Waals surface area contributed by atoms with E-state index in [2.05, 4.69) is 22.5 Å². The van der Waals surface area contributed by atoms with Crippen molar-refractivity contribution in [3.05, 3.63) is 71.1 Å². The summed E-state index contributed by atoms with van der Waals surface area (Å²) in [6, 6.07) is 8.02. The van der Waals surface area contributed by atoms with Gasteiger partial charge in [0.1, 0.15) is 6.61 Å². The second-order valence-corrected chi connectivity index (χ2v) is 5.04. The fraction of sp³-hybridized carbons (Fsp3) is 0.200. The van der Waals surface area contributed by atoms with Crippen LogP contribution in [-0.2, 0) is 16.2 Å². The zero-order chi connectivity index (χ0) is 13.5. The van der Waals surface area contributed by atoms with Crippen LogP contribution < -0.4 is 0 Å². The molecule has 1 aliphatic rings. The zero-order valence-electron chi connectivity index (χ0n) is 10.6. The minimum Gasteiger partial charge on any atom is -0.382 e. The summed E-state index contributed by atoms with van der Waals surface area (Å²) in [5.74, 6) is 0.593. The van der Waals surface area contributed by atoms with Crippen LogP contribution in [0.2, 0.25) is 0 Å². The molecule has 0 spiro atoms. The lowest BCUT2D eigenvalue weighted by Gasteiger charge is -2.21. The molecule has 0 saturated carbocycles. The fourth-order valence-electron chi connectivity index (χ4n) is 1.62. The van der Waals surface area contributed by atoms with E-state index in [0.717, 1.165) is 16.6 Å². The predicted molar refractivity (Wildman–Crippen MR) is 79.0 cm³/mol. The van der Waals surface area contributed by atoms with E-state index in [0.29, 0.717) is 19.0 Å². The highest BCUT2D eigenvalue weighted by atomic mass is 79.9. The first-order valence-corrected chi connectivity index (χ1v) is 6.81. The Labute approximate surface area is 121 Å². The third-order valence-electron chi connectivity index (χ3n) is 2.45. The van der Waals surface area contributed by atoms with Gasteiger partial charge in [0.2, 0.25) is 0 Å². The molecule has 0 bridgehead atoms. The zero-order valence-corrected chi connectivity index (χ0v) is 12.2. The molecule has 1 aromatic carbocycles. The fourth-order valence-corrected chi connectivity index (χ4v) is 2.07. The van der Waals surface area contributed by atoms with Crippen LogP contribution in [0.1, 0.15) is 5.56 Å². The summed E-state index contributed by atoms with van der Waals surface area (Å²) >= 11 is 3.43. The van der Waals surface area contributed by atoms with E-state index in [1.165, 1.54) is 0 Å². The monoisotopic (exact) mass is 321 g/mol. The van der Waals surface area contributed by atoms with Crippen LogP contribution in [-0.4, -0.2) is 18.2 Å². The Balaban J connectivity index is 1.69. The van der Waals surface area contributed by atoms with E-state index in [1.54, 1.807) is 5.06 Å². The maximum absolute atomic E-state index is 5.56. The SMILES string of the molecule is C=C(COCc1cccc(Br)c1)ON1C=CC=CC1. The third kappa shape index (κ3) is 4.93. The van der Waals surface area contributed by atoms with Gasteiger partial charge in [-0.3, -0.25) is 0 Å². The van der Waals surface area contributed by atoms with Crippen molar-refractivity contribution in [3.8, 4) is 0 Å². The van der Waals surface area contributed by atoms with Crippen LogP contribution in [0.15, 0.2) is 65.5 Å². The second-order valence-electron chi connectivity index (χ2n) is 4.12. The smallest absolute Gasteiger partial charge is 0.150 e. The molecule has 0 saturated heterocycles. The number of benzene rings is 1. The highest BCUT2D eigenvalue weighted by Crippen LogP contribution is 2.13. The molecule has 0 amide bonds. The van der Waals surface area contributed by atoms with E-state index in [9.17, 15) is 0 Å². The Kier molecular flexibility index (Phi) is 5.24. The number of allylic oxidation sites excluding steroid dienone is 2. The second kappa shape index (κ2) is 7.16. The highest BCUT2D eigenvalue weighted by molar-refractivity contribution is 9.10. The van der Waals surface area contributed by atoms with Crippen LogP contribution in [0.5, 0.6) is 0 Å². The Morgan fingerprint density at radius 3 is 3.00 bits per heavy atom. The number of nitrogens with zero attached hydrogens (tertiary/aromatic N) is 1. The maximum Gasteiger partial charge on any atom is 0.150 e. The molecule has 0 aromatic heterocycles. The third-order valence-corrected chi connectivity index (χ3v) is 2.95. The average molecular weight is 322 g/mol. The standard InChI is InChI=1S/C15H16BrNO2/c1-13(19-17-8-3-2-4-9-17)11-18-12-14-6-5-7-15(16)10-14/h2-8,10H,1,9,11-12H2. The Bertz CT molecular complexity index is 497. The topological polar surface area (TPSA) is 21.7 Å². The van der Waals surface area contributed by atoms with Gasteiger partial charge in [-0.15, -0.1) is 0 Å². The van der Waals surface area contributed by atoms with Gasteiger partial charge in [0.15, 0.2) is 5.76 Å². The summed E-state index contributed by atoms with van der Waals surface area (Å²) in [6.07, 6.45) is 7.76. The lowest BCUT2D eigenvalue weighted by molar-refractivity contribution is -0.0831. The van der Waals surface area contributed by atoms with E-state index >= 15 is 0 Å². The van der Waals surface area contributed by atoms with Gasteiger partial charge in [0.05, 0.1) is 13.2 Å². The molecule has 2 rings (SSSR count). The van der Waals surface area contributed by atoms with Crippen molar-refractivity contribution in [3.63, 3.8) is 0 Å². The molecule has 0 N–H and O–H groups in total. The molecule has 19 heavy (non-hydrogen) atoms. The summed E-state index contributed by atoms with van der Waals surface area (Å²) in [7, 11) is 0. The molecule has 3 nitrogen and oxygen atoms in total. The molecular weight excluding hydrogens is 306 g/mol. The minimum absolute atomic E-state index is 0.376. The van der Waals surface area contributed by atoms with Gasteiger partial charge >= 0.3 is 0 Å². The molecule has 1 heterocycles. The first-order chi connectivity index (χ1) is 9.24. The van der Waals surface area contributed by atoms with Gasteiger partial charge < -0.3 is 9.57 Å². The first kappa shape index (κ1) is 13.9. The van der Waals surface area contributed by atoms with E-state index in [-0.39, 0.29) is 0 Å². The molecule has 0 radical (unpaired) electrons. The molecule has 4 heteroatoms. The summed E-state index contributed by atoms with van der Waals surface area (Å²) in [6.45, 7) is 5.48. The molecule has 100 valence electrons. The van der Waals surface area contributed by atoms with Crippen molar-refractivity contribution in [1.82, 2.24) is 5.06 Å². The molecular formula is C15H16BrNO2. The lowest BCUT2D eigenvalue weighted by Crippen LogP contribution is -2.20. The van der Waals surface area contributed by atoms with E-state index < -0.39 is 0 Å². The number of ether oxygens (including phenoxy) is 1. The number of hydrogen-bond acceptors (Lipinski definition) is 3. The first-order valence-electron chi connectivity index (χ1n) is 6.02. The van der Waals surface area contributed by atoms with Crippen molar-refractivity contribution in [2.75, 3.05) is 13.2 Å². The van der Waals surface area contributed by atoms with Gasteiger partial charge in [0.25, 0.3) is 0 Å². The molecule has 1 aliphatic heterocycles. The normalized spacial score (nSPS) is 13.6. The number of rotatable bonds is 6. The molecule has 0 aliphatic carbocycles. The molecule has 1 aromatic rings. The maximum atomic E-state index is 5.56. The summed E-state index contributed by atoms with van der Waals surface area (Å²) < 4.78 is 6.61. The van der Waals surface area contributed by atoms with Gasteiger partial charge in [-0.1, -0.05) is 46.8 Å². The molecule has 0 unspecified atom stereocenters. The highest BCUT2D eigenvalue weighted by Gasteiger charge is 2.04. The van der Waals surface area contributed by atoms with Crippen molar-refractivity contribution in [2.45, 2.75) is 6.61 Å². The number of hydroxylamine groups is 2. The molecule has 0 atom stereocenters. The predicted octanol–water partition coefficient (Wildman–Crippen LogP) is 3.80. The van der Waals surface area contributed by atoms with Gasteiger partial charge in [-0.2, -0.15) is 0 Å².